The molecule has 10 atom stereocenters. The second-order valence-electron chi connectivity index (χ2n) is 9.42. The monoisotopic (exact) mass is 668 g/mol. The normalized spacial score (nSPS) is 39.3. The maximum absolute atomic E-state index is 15.9. The number of halogens is 1. The number of hydrogen-bond donors (Lipinski definition) is 6. The van der Waals surface area contributed by atoms with Gasteiger partial charge in [-0.15, -0.1) is 0 Å². The Labute approximate surface area is 245 Å². The van der Waals surface area contributed by atoms with E-state index in [0.717, 1.165) is 6.33 Å². The number of nitrogens with zero attached hydrogens (tertiary/aromatic N) is 5. The first-order valence-corrected chi connectivity index (χ1v) is 17.3. The number of imidazole rings is 1. The zero-order valence-electron chi connectivity index (χ0n) is 20.9. The SMILES string of the molecule is NC(=O)c1cc([C@@H]2O[C@@H]3COP(O)(=S)O[C@H]4[C@@H](F)[C@H](n5cnc6c(N)ncnc65)O[C@@H]4COP(=O)(S)OC2[C@@H]3O)[nH]n1. The molecule has 228 valence electrons. The lowest BCUT2D eigenvalue weighted by atomic mass is 10.1. The molecule has 0 aliphatic carbocycles. The minimum absolute atomic E-state index is 0.0556. The minimum Gasteiger partial charge on any atom is -0.387 e. The Bertz CT molecular complexity index is 1620. The summed E-state index contributed by atoms with van der Waals surface area (Å²) in [6.45, 7) is -9.75. The van der Waals surface area contributed by atoms with Gasteiger partial charge in [0.1, 0.15) is 54.2 Å². The molecule has 23 heteroatoms. The van der Waals surface area contributed by atoms with Gasteiger partial charge in [0.15, 0.2) is 23.9 Å². The molecule has 1 amide bonds. The molecule has 3 aromatic rings. The second-order valence-corrected chi connectivity index (χ2v) is 15.1. The maximum Gasteiger partial charge on any atom is 0.386 e. The molecule has 3 fully saturated rings. The number of H-pyrrole nitrogens is 1. The molecule has 7 N–H and O–H groups in total. The highest BCUT2D eigenvalue weighted by Gasteiger charge is 2.53. The van der Waals surface area contributed by atoms with E-state index in [2.05, 4.69) is 37.4 Å². The number of aliphatic hydroxyl groups excluding tert-OH is 1. The number of hydrogen-bond acceptors (Lipinski definition) is 15. The highest BCUT2D eigenvalue weighted by atomic mass is 32.7. The summed E-state index contributed by atoms with van der Waals surface area (Å²) in [5.41, 5.74) is 11.4. The highest BCUT2D eigenvalue weighted by Crippen LogP contribution is 2.58. The van der Waals surface area contributed by atoms with Gasteiger partial charge in [-0.05, 0) is 17.9 Å². The first-order chi connectivity index (χ1) is 19.8. The van der Waals surface area contributed by atoms with E-state index in [9.17, 15) is 19.4 Å². The van der Waals surface area contributed by atoms with Crippen molar-refractivity contribution in [2.75, 3.05) is 18.9 Å². The predicted molar refractivity (Wildman–Crippen MR) is 144 cm³/mol. The summed E-state index contributed by atoms with van der Waals surface area (Å²) in [5, 5.41) is 17.3. The van der Waals surface area contributed by atoms with Crippen molar-refractivity contribution in [2.24, 2.45) is 5.73 Å². The minimum atomic E-state index is -4.34. The number of anilines is 1. The first kappa shape index (κ1) is 29.9. The van der Waals surface area contributed by atoms with Crippen molar-refractivity contribution in [3.63, 3.8) is 0 Å². The van der Waals surface area contributed by atoms with Crippen LogP contribution in [0.3, 0.4) is 0 Å². The highest BCUT2D eigenvalue weighted by molar-refractivity contribution is 8.44. The molecule has 6 heterocycles. The van der Waals surface area contributed by atoms with E-state index in [1.807, 2.05) is 0 Å². The number of nitrogens with two attached hydrogens (primary N) is 2. The van der Waals surface area contributed by atoms with E-state index in [4.69, 9.17) is 50.8 Å². The number of fused-ring (bicyclic) bond motifs is 4. The van der Waals surface area contributed by atoms with Crippen LogP contribution in [0, 0.1) is 0 Å². The number of aromatic amines is 1. The third-order valence-corrected chi connectivity index (χ3v) is 9.91. The average molecular weight is 669 g/mol. The molecule has 3 saturated heterocycles. The molecule has 42 heavy (non-hydrogen) atoms. The quantitative estimate of drug-likeness (QED) is 0.159. The number of alkyl halides is 1. The Morgan fingerprint density at radius 3 is 2.69 bits per heavy atom. The van der Waals surface area contributed by atoms with Crippen LogP contribution in [0.25, 0.3) is 11.2 Å². The Morgan fingerprint density at radius 1 is 1.19 bits per heavy atom. The van der Waals surface area contributed by atoms with Gasteiger partial charge in [0.2, 0.25) is 0 Å². The van der Waals surface area contributed by atoms with Gasteiger partial charge in [-0.2, -0.15) is 5.10 Å². The number of nitrogen functional groups attached to an aromatic ring is 1. The molecule has 0 spiro atoms. The van der Waals surface area contributed by atoms with Gasteiger partial charge >= 0.3 is 13.5 Å². The first-order valence-electron chi connectivity index (χ1n) is 12.1. The second kappa shape index (κ2) is 11.1. The van der Waals surface area contributed by atoms with E-state index < -0.39 is 81.7 Å². The van der Waals surface area contributed by atoms with E-state index >= 15 is 4.39 Å². The van der Waals surface area contributed by atoms with Crippen LogP contribution in [0.1, 0.15) is 28.5 Å². The largest absolute Gasteiger partial charge is 0.387 e. The average Bonchev–Trinajstić information content (AvgIpc) is 3.69. The van der Waals surface area contributed by atoms with Gasteiger partial charge in [0.25, 0.3) is 5.91 Å². The maximum atomic E-state index is 15.9. The van der Waals surface area contributed by atoms with Crippen molar-refractivity contribution in [1.82, 2.24) is 29.7 Å². The number of aliphatic hydroxyl groups is 1. The van der Waals surface area contributed by atoms with Gasteiger partial charge in [0, 0.05) is 0 Å². The fourth-order valence-corrected chi connectivity index (χ4v) is 7.69. The molecule has 0 aromatic carbocycles. The van der Waals surface area contributed by atoms with E-state index in [0.29, 0.717) is 0 Å². The van der Waals surface area contributed by atoms with Gasteiger partial charge in [-0.1, -0.05) is 12.2 Å². The number of carbonyl (C=O) groups is 1. The number of amides is 1. The summed E-state index contributed by atoms with van der Waals surface area (Å²) >= 11 is 9.13. The van der Waals surface area contributed by atoms with Crippen molar-refractivity contribution in [3.05, 3.63) is 30.1 Å². The standard InChI is InChI=1S/C19H23FN8O10P2S2/c20-10-14-9(36-19(10)28-5-25-11-16(21)23-4-24-18(11)28)3-34-40(32,42)38-15-12(29)8(2-33-39(31,41)37-14)35-13(15)6-1-7(17(22)30)27-26-6/h1,4-5,8-10,12-15,19,29H,2-3H2,(H2,22,30)(H,26,27)(H,31,41)(H,32,42)(H2,21,23,24)/t8-,9-,10-,12-,13+,14-,15?,19-,39?,40?/m1/s1. The van der Waals surface area contributed by atoms with Gasteiger partial charge in [-0.3, -0.25) is 28.0 Å². The summed E-state index contributed by atoms with van der Waals surface area (Å²) < 4.78 is 64.1. The summed E-state index contributed by atoms with van der Waals surface area (Å²) in [5.74, 6) is -0.785. The summed E-state index contributed by atoms with van der Waals surface area (Å²) in [4.78, 5) is 34.4. The zero-order valence-corrected chi connectivity index (χ0v) is 24.4. The third-order valence-electron chi connectivity index (χ3n) is 6.74. The van der Waals surface area contributed by atoms with Gasteiger partial charge < -0.3 is 35.5 Å². The smallest absolute Gasteiger partial charge is 0.386 e. The molecule has 2 bridgehead atoms. The fourth-order valence-electron chi connectivity index (χ4n) is 4.79. The van der Waals surface area contributed by atoms with Crippen LogP contribution in [-0.2, 0) is 43.9 Å². The summed E-state index contributed by atoms with van der Waals surface area (Å²) in [7, 11) is 0. The topological polar surface area (TPSA) is 254 Å². The number of rotatable bonds is 3. The zero-order chi connectivity index (χ0) is 30.0. The molecule has 0 radical (unpaired) electrons. The Hall–Kier alpha value is -2.13. The Balaban J connectivity index is 1.29. The van der Waals surface area contributed by atoms with Crippen molar-refractivity contribution < 1.29 is 51.3 Å². The van der Waals surface area contributed by atoms with Crippen molar-refractivity contribution in [3.8, 4) is 0 Å². The van der Waals surface area contributed by atoms with Crippen molar-refractivity contribution in [1.29, 1.82) is 0 Å². The third kappa shape index (κ3) is 5.60. The number of carbonyl (C=O) groups excluding carboxylic acids is 1. The molecule has 6 rings (SSSR count). The number of ether oxygens (including phenoxy) is 2. The molecule has 3 aliphatic rings. The molecular formula is C19H23FN8O10P2S2. The van der Waals surface area contributed by atoms with Gasteiger partial charge in [0.05, 0.1) is 25.2 Å². The summed E-state index contributed by atoms with van der Waals surface area (Å²) in [6.07, 6.45) is -9.32. The Morgan fingerprint density at radius 2 is 1.95 bits per heavy atom. The number of primary amides is 1. The fraction of sp³-hybridized carbons (Fsp3) is 0.526. The lowest BCUT2D eigenvalue weighted by Crippen LogP contribution is -2.34. The van der Waals surface area contributed by atoms with Crippen LogP contribution in [-0.4, -0.2) is 95.5 Å². The molecular weight excluding hydrogens is 645 g/mol. The van der Waals surface area contributed by atoms with Crippen molar-refractivity contribution >= 4 is 60.5 Å². The van der Waals surface area contributed by atoms with Crippen LogP contribution < -0.4 is 11.5 Å². The van der Waals surface area contributed by atoms with Crippen molar-refractivity contribution in [2.45, 2.75) is 49.0 Å². The summed E-state index contributed by atoms with van der Waals surface area (Å²) in [6, 6.07) is 1.25. The van der Waals surface area contributed by atoms with Crippen LogP contribution in [0.15, 0.2) is 18.7 Å². The lowest BCUT2D eigenvalue weighted by Gasteiger charge is -2.26. The van der Waals surface area contributed by atoms with Gasteiger partial charge in [-0.25, -0.2) is 23.9 Å². The predicted octanol–water partition coefficient (Wildman–Crippen LogP) is 0.0389. The molecule has 3 aromatic heterocycles. The number of aromatic nitrogens is 6. The van der Waals surface area contributed by atoms with E-state index in [1.54, 1.807) is 0 Å². The van der Waals surface area contributed by atoms with Crippen LogP contribution in [0.4, 0.5) is 10.2 Å². The lowest BCUT2D eigenvalue weighted by molar-refractivity contribution is -0.0470. The van der Waals surface area contributed by atoms with E-state index in [1.165, 1.54) is 17.0 Å². The molecule has 3 aliphatic heterocycles. The molecule has 18 nitrogen and oxygen atoms in total. The number of thiol groups is 1. The number of nitrogens with one attached hydrogen (secondary N) is 1. The molecule has 0 saturated carbocycles. The van der Waals surface area contributed by atoms with Crippen LogP contribution in [0.5, 0.6) is 0 Å². The molecule has 3 unspecified atom stereocenters. The van der Waals surface area contributed by atoms with E-state index in [-0.39, 0.29) is 28.4 Å². The Kier molecular flexibility index (Phi) is 7.91. The van der Waals surface area contributed by atoms with Crippen LogP contribution >= 0.6 is 25.8 Å². The van der Waals surface area contributed by atoms with Crippen LogP contribution in [0.2, 0.25) is 0 Å².